The molecule has 1 aromatic heterocycles. The molecular formula is C17H16F2N2O2. The molecule has 0 amide bonds. The number of rotatable bonds is 4. The molecule has 1 aromatic carbocycles. The van der Waals surface area contributed by atoms with Crippen molar-refractivity contribution in [2.24, 2.45) is 0 Å². The first-order valence-electron chi connectivity index (χ1n) is 7.83. The van der Waals surface area contributed by atoms with Crippen molar-refractivity contribution in [1.82, 2.24) is 9.78 Å². The van der Waals surface area contributed by atoms with Crippen molar-refractivity contribution >= 4 is 5.97 Å². The lowest BCUT2D eigenvalue weighted by molar-refractivity contribution is -0.136. The smallest absolute Gasteiger partial charge is 0.303 e. The number of carbonyl (C=O) groups is 1. The first-order valence-corrected chi connectivity index (χ1v) is 7.83. The number of aryl methyl sites for hydroxylation is 1. The van der Waals surface area contributed by atoms with Crippen LogP contribution in [-0.4, -0.2) is 20.9 Å². The summed E-state index contributed by atoms with van der Waals surface area (Å²) in [4.78, 5) is 10.9. The molecule has 1 heterocycles. The Morgan fingerprint density at radius 1 is 1.30 bits per heavy atom. The molecule has 1 N–H and O–H groups in total. The van der Waals surface area contributed by atoms with E-state index in [4.69, 9.17) is 5.11 Å². The Balaban J connectivity index is 1.83. The summed E-state index contributed by atoms with van der Waals surface area (Å²) >= 11 is 0. The van der Waals surface area contributed by atoms with Crippen molar-refractivity contribution in [1.29, 1.82) is 0 Å². The van der Waals surface area contributed by atoms with Crippen molar-refractivity contribution < 1.29 is 18.7 Å². The number of nitrogens with zero attached hydrogens (tertiary/aromatic N) is 2. The zero-order valence-electron chi connectivity index (χ0n) is 12.4. The molecule has 0 saturated heterocycles. The highest BCUT2D eigenvalue weighted by molar-refractivity contribution is 5.67. The first-order chi connectivity index (χ1) is 11.0. The monoisotopic (exact) mass is 318 g/mol. The summed E-state index contributed by atoms with van der Waals surface area (Å²) in [7, 11) is 0. The van der Waals surface area contributed by atoms with Gasteiger partial charge in [0.1, 0.15) is 11.5 Å². The Morgan fingerprint density at radius 2 is 2.09 bits per heavy atom. The topological polar surface area (TPSA) is 55.1 Å². The molecule has 2 unspecified atom stereocenters. The van der Waals surface area contributed by atoms with Gasteiger partial charge in [-0.1, -0.05) is 0 Å². The van der Waals surface area contributed by atoms with E-state index < -0.39 is 17.6 Å². The molecule has 1 fully saturated rings. The lowest BCUT2D eigenvalue weighted by Crippen LogP contribution is -2.08. The van der Waals surface area contributed by atoms with Gasteiger partial charge in [-0.2, -0.15) is 5.10 Å². The minimum Gasteiger partial charge on any atom is -0.481 e. The maximum Gasteiger partial charge on any atom is 0.303 e. The van der Waals surface area contributed by atoms with Gasteiger partial charge in [-0.25, -0.2) is 13.5 Å². The van der Waals surface area contributed by atoms with Crippen LogP contribution in [-0.2, 0) is 11.2 Å². The molecule has 4 nitrogen and oxygen atoms in total. The van der Waals surface area contributed by atoms with Gasteiger partial charge in [0.2, 0.25) is 0 Å². The van der Waals surface area contributed by atoms with E-state index in [9.17, 15) is 13.6 Å². The lowest BCUT2D eigenvalue weighted by Gasteiger charge is -2.14. The van der Waals surface area contributed by atoms with Crippen LogP contribution in [0.15, 0.2) is 18.2 Å². The minimum atomic E-state index is -0.871. The van der Waals surface area contributed by atoms with Gasteiger partial charge in [0.25, 0.3) is 0 Å². The van der Waals surface area contributed by atoms with Gasteiger partial charge >= 0.3 is 5.97 Å². The van der Waals surface area contributed by atoms with Crippen LogP contribution in [0.3, 0.4) is 0 Å². The fraction of sp³-hybridized carbons (Fsp3) is 0.412. The molecule has 2 aromatic rings. The van der Waals surface area contributed by atoms with Gasteiger partial charge in [-0.3, -0.25) is 4.79 Å². The highest BCUT2D eigenvalue weighted by Crippen LogP contribution is 2.54. The zero-order valence-corrected chi connectivity index (χ0v) is 12.4. The highest BCUT2D eigenvalue weighted by Gasteiger charge is 2.42. The summed E-state index contributed by atoms with van der Waals surface area (Å²) in [5, 5.41) is 13.4. The molecule has 2 aliphatic carbocycles. The third kappa shape index (κ3) is 2.24. The maximum absolute atomic E-state index is 14.2. The van der Waals surface area contributed by atoms with Crippen LogP contribution >= 0.6 is 0 Å². The molecule has 2 atom stereocenters. The first kappa shape index (κ1) is 14.4. The van der Waals surface area contributed by atoms with Crippen LogP contribution in [0.1, 0.15) is 54.5 Å². The summed E-state index contributed by atoms with van der Waals surface area (Å²) in [6, 6.07) is 3.47. The molecule has 0 aliphatic heterocycles. The van der Waals surface area contributed by atoms with Crippen molar-refractivity contribution in [2.75, 3.05) is 0 Å². The van der Waals surface area contributed by atoms with Crippen LogP contribution in [0.5, 0.6) is 0 Å². The minimum absolute atomic E-state index is 0.00669. The van der Waals surface area contributed by atoms with E-state index in [1.807, 2.05) is 0 Å². The van der Waals surface area contributed by atoms with E-state index in [1.165, 1.54) is 12.1 Å². The SMILES string of the molecule is O=C(O)CCc1nn(-c2ccc(F)cc2F)c2c1C1CCC2C1. The van der Waals surface area contributed by atoms with Gasteiger partial charge in [0, 0.05) is 24.0 Å². The molecule has 6 heteroatoms. The third-order valence-corrected chi connectivity index (χ3v) is 4.98. The number of hydrogen-bond donors (Lipinski definition) is 1. The van der Waals surface area contributed by atoms with E-state index >= 15 is 0 Å². The van der Waals surface area contributed by atoms with Crippen LogP contribution in [0.4, 0.5) is 8.78 Å². The van der Waals surface area contributed by atoms with Gasteiger partial charge in [-0.05, 0) is 37.3 Å². The second-order valence-electron chi connectivity index (χ2n) is 6.35. The largest absolute Gasteiger partial charge is 0.481 e. The van der Waals surface area contributed by atoms with Gasteiger partial charge in [0.15, 0.2) is 5.82 Å². The summed E-state index contributed by atoms with van der Waals surface area (Å²) < 4.78 is 28.9. The molecular weight excluding hydrogens is 302 g/mol. The lowest BCUT2D eigenvalue weighted by atomic mass is 9.94. The standard InChI is InChI=1S/C17H16F2N2O2/c18-11-3-5-14(12(19)8-11)21-17-10-2-1-9(7-10)16(17)13(20-21)4-6-15(22)23/h3,5,8-10H,1-2,4,6-7H2,(H,22,23). The normalized spacial score (nSPS) is 21.7. The fourth-order valence-corrected chi connectivity index (χ4v) is 4.07. The predicted octanol–water partition coefficient (Wildman–Crippen LogP) is 3.53. The molecule has 1 saturated carbocycles. The zero-order chi connectivity index (χ0) is 16.1. The molecule has 0 spiro atoms. The maximum atomic E-state index is 14.2. The Bertz CT molecular complexity index is 800. The second kappa shape index (κ2) is 5.15. The number of carboxylic acids is 1. The number of aliphatic carboxylic acids is 1. The number of benzene rings is 1. The van der Waals surface area contributed by atoms with Gasteiger partial charge < -0.3 is 5.11 Å². The average Bonchev–Trinajstić information content (AvgIpc) is 3.17. The van der Waals surface area contributed by atoms with Crippen LogP contribution in [0.2, 0.25) is 0 Å². The summed E-state index contributed by atoms with van der Waals surface area (Å²) in [6.07, 6.45) is 3.50. The Labute approximate surface area is 131 Å². The molecule has 120 valence electrons. The number of carboxylic acid groups (broad SMARTS) is 1. The molecule has 23 heavy (non-hydrogen) atoms. The van der Waals surface area contributed by atoms with Crippen molar-refractivity contribution in [2.45, 2.75) is 43.9 Å². The molecule has 2 aliphatic rings. The fourth-order valence-electron chi connectivity index (χ4n) is 4.07. The Morgan fingerprint density at radius 3 is 2.83 bits per heavy atom. The third-order valence-electron chi connectivity index (χ3n) is 4.98. The molecule has 4 rings (SSSR count). The Kier molecular flexibility index (Phi) is 3.21. The molecule has 2 bridgehead atoms. The van der Waals surface area contributed by atoms with E-state index in [-0.39, 0.29) is 12.1 Å². The Hall–Kier alpha value is -2.24. The number of halogens is 2. The summed E-state index contributed by atoms with van der Waals surface area (Å²) in [5.41, 5.74) is 3.08. The van der Waals surface area contributed by atoms with Crippen molar-refractivity contribution in [3.8, 4) is 5.69 Å². The van der Waals surface area contributed by atoms with E-state index in [1.54, 1.807) is 4.68 Å². The second-order valence-corrected chi connectivity index (χ2v) is 6.35. The van der Waals surface area contributed by atoms with E-state index in [0.29, 0.717) is 18.3 Å². The number of fused-ring (bicyclic) bond motifs is 5. The summed E-state index contributed by atoms with van der Waals surface area (Å²) in [5.74, 6) is -1.41. The van der Waals surface area contributed by atoms with Gasteiger partial charge in [-0.15, -0.1) is 0 Å². The average molecular weight is 318 g/mol. The summed E-state index contributed by atoms with van der Waals surface area (Å²) in [6.45, 7) is 0. The number of hydrogen-bond acceptors (Lipinski definition) is 2. The van der Waals surface area contributed by atoms with Gasteiger partial charge in [0.05, 0.1) is 17.8 Å². The van der Waals surface area contributed by atoms with Crippen LogP contribution in [0.25, 0.3) is 5.69 Å². The van der Waals surface area contributed by atoms with E-state index in [0.717, 1.165) is 42.3 Å². The van der Waals surface area contributed by atoms with Crippen LogP contribution in [0, 0.1) is 11.6 Å². The van der Waals surface area contributed by atoms with Crippen molar-refractivity contribution in [3.05, 3.63) is 46.8 Å². The van der Waals surface area contributed by atoms with Crippen LogP contribution < -0.4 is 0 Å². The van der Waals surface area contributed by atoms with E-state index in [2.05, 4.69) is 5.10 Å². The molecule has 0 radical (unpaired) electrons. The number of aromatic nitrogens is 2. The van der Waals surface area contributed by atoms with Crippen molar-refractivity contribution in [3.63, 3.8) is 0 Å². The quantitative estimate of drug-likeness (QED) is 0.938. The highest BCUT2D eigenvalue weighted by atomic mass is 19.1. The predicted molar refractivity (Wildman–Crippen MR) is 78.8 cm³/mol.